The van der Waals surface area contributed by atoms with E-state index in [4.69, 9.17) is 5.11 Å². The molecule has 3 N–H and O–H groups in total. The number of aromatic amines is 1. The molecule has 1 aromatic carbocycles. The van der Waals surface area contributed by atoms with Gasteiger partial charge < -0.3 is 15.2 Å². The van der Waals surface area contributed by atoms with Gasteiger partial charge in [0.15, 0.2) is 0 Å². The van der Waals surface area contributed by atoms with Gasteiger partial charge >= 0.3 is 5.97 Å². The number of carboxylic acid groups (broad SMARTS) is 1. The van der Waals surface area contributed by atoms with Gasteiger partial charge in [0.1, 0.15) is 0 Å². The van der Waals surface area contributed by atoms with Gasteiger partial charge in [0.25, 0.3) is 0 Å². The largest absolute Gasteiger partial charge is 0.478 e. The van der Waals surface area contributed by atoms with Gasteiger partial charge in [0.2, 0.25) is 0 Å². The van der Waals surface area contributed by atoms with Crippen molar-refractivity contribution in [2.45, 2.75) is 32.6 Å². The van der Waals surface area contributed by atoms with Crippen molar-refractivity contribution in [3.05, 3.63) is 35.0 Å². The molecule has 3 rings (SSSR count). The zero-order valence-corrected chi connectivity index (χ0v) is 11.6. The Balaban J connectivity index is 2.13. The van der Waals surface area contributed by atoms with Gasteiger partial charge in [-0.3, -0.25) is 0 Å². The number of hydrogen-bond donors (Lipinski definition) is 3. The Morgan fingerprint density at radius 3 is 2.90 bits per heavy atom. The summed E-state index contributed by atoms with van der Waals surface area (Å²) in [6.45, 7) is 2.30. The van der Waals surface area contributed by atoms with Gasteiger partial charge in [-0.15, -0.1) is 0 Å². The first-order chi connectivity index (χ1) is 9.58. The number of carbonyl (C=O) groups is 1. The Morgan fingerprint density at radius 1 is 1.45 bits per heavy atom. The number of nitrogens with one attached hydrogen (secondary N) is 1. The third-order valence-electron chi connectivity index (χ3n) is 4.78. The Morgan fingerprint density at radius 2 is 2.25 bits per heavy atom. The lowest BCUT2D eigenvalue weighted by molar-refractivity contribution is 0.0697. The number of H-pyrrole nitrogens is 1. The number of benzene rings is 1. The lowest BCUT2D eigenvalue weighted by atomic mass is 9.71. The van der Waals surface area contributed by atoms with E-state index < -0.39 is 5.97 Å². The monoisotopic (exact) mass is 273 g/mol. The smallest absolute Gasteiger partial charge is 0.335 e. The highest BCUT2D eigenvalue weighted by Gasteiger charge is 2.34. The molecule has 1 unspecified atom stereocenters. The molecule has 0 bridgehead atoms. The molecule has 1 aliphatic rings. The number of aryl methyl sites for hydroxylation is 1. The van der Waals surface area contributed by atoms with E-state index in [-0.39, 0.29) is 12.0 Å². The fourth-order valence-corrected chi connectivity index (χ4v) is 3.25. The summed E-state index contributed by atoms with van der Waals surface area (Å²) in [4.78, 5) is 14.5. The normalized spacial score (nSPS) is 21.9. The summed E-state index contributed by atoms with van der Waals surface area (Å²) < 4.78 is 0. The minimum Gasteiger partial charge on any atom is -0.478 e. The van der Waals surface area contributed by atoms with E-state index in [9.17, 15) is 9.90 Å². The number of hydrogen-bond acceptors (Lipinski definition) is 2. The molecule has 0 saturated heterocycles. The molecule has 20 heavy (non-hydrogen) atoms. The van der Waals surface area contributed by atoms with Gasteiger partial charge in [-0.25, -0.2) is 4.79 Å². The van der Waals surface area contributed by atoms with Crippen molar-refractivity contribution in [2.24, 2.45) is 5.41 Å². The summed E-state index contributed by atoms with van der Waals surface area (Å²) in [6, 6.07) is 5.21. The molecule has 1 aromatic heterocycles. The molecule has 2 aromatic rings. The molecular weight excluding hydrogens is 254 g/mol. The van der Waals surface area contributed by atoms with Crippen LogP contribution < -0.4 is 0 Å². The van der Waals surface area contributed by atoms with Crippen molar-refractivity contribution < 1.29 is 15.0 Å². The van der Waals surface area contributed by atoms with Gasteiger partial charge in [0.05, 0.1) is 5.56 Å². The number of carboxylic acids is 1. The van der Waals surface area contributed by atoms with Crippen LogP contribution in [0.1, 0.15) is 41.4 Å². The topological polar surface area (TPSA) is 73.3 Å². The molecule has 1 aliphatic carbocycles. The molecule has 0 saturated carbocycles. The number of aromatic nitrogens is 1. The molecule has 0 fully saturated rings. The minimum atomic E-state index is -0.901. The highest BCUT2D eigenvalue weighted by molar-refractivity contribution is 5.95. The van der Waals surface area contributed by atoms with E-state index in [1.54, 1.807) is 12.1 Å². The van der Waals surface area contributed by atoms with Crippen LogP contribution in [0.25, 0.3) is 10.9 Å². The van der Waals surface area contributed by atoms with Gasteiger partial charge in [-0.2, -0.15) is 0 Å². The second kappa shape index (κ2) is 4.63. The Bertz CT molecular complexity index is 668. The number of fused-ring (bicyclic) bond motifs is 3. The lowest BCUT2D eigenvalue weighted by Crippen LogP contribution is -2.31. The second-order valence-corrected chi connectivity index (χ2v) is 5.84. The van der Waals surface area contributed by atoms with Gasteiger partial charge in [-0.1, -0.05) is 6.92 Å². The molecule has 4 heteroatoms. The molecule has 1 atom stereocenters. The summed E-state index contributed by atoms with van der Waals surface area (Å²) in [6.07, 6.45) is 3.65. The summed E-state index contributed by atoms with van der Waals surface area (Å²) >= 11 is 0. The number of rotatable bonds is 3. The molecular formula is C16H19NO3. The lowest BCUT2D eigenvalue weighted by Gasteiger charge is -2.34. The van der Waals surface area contributed by atoms with Crippen LogP contribution in [0, 0.1) is 5.41 Å². The van der Waals surface area contributed by atoms with Crippen molar-refractivity contribution in [1.82, 2.24) is 4.98 Å². The number of aliphatic hydroxyl groups excluding tert-OH is 1. The summed E-state index contributed by atoms with van der Waals surface area (Å²) in [7, 11) is 0. The van der Waals surface area contributed by atoms with Crippen molar-refractivity contribution in [2.75, 3.05) is 6.61 Å². The van der Waals surface area contributed by atoms with Gasteiger partial charge in [-0.05, 0) is 54.9 Å². The quantitative estimate of drug-likeness (QED) is 0.805. The zero-order valence-electron chi connectivity index (χ0n) is 11.6. The highest BCUT2D eigenvalue weighted by Crippen LogP contribution is 2.40. The fraction of sp³-hybridized carbons (Fsp3) is 0.438. The van der Waals surface area contributed by atoms with Crippen molar-refractivity contribution >= 4 is 16.9 Å². The summed E-state index contributed by atoms with van der Waals surface area (Å²) in [5, 5.41) is 19.8. The Kier molecular flexibility index (Phi) is 3.05. The van der Waals surface area contributed by atoms with E-state index in [1.807, 2.05) is 6.07 Å². The van der Waals surface area contributed by atoms with E-state index >= 15 is 0 Å². The molecule has 0 spiro atoms. The number of aromatic carboxylic acids is 1. The average Bonchev–Trinajstić information content (AvgIpc) is 2.83. The van der Waals surface area contributed by atoms with Crippen LogP contribution in [-0.2, 0) is 12.8 Å². The van der Waals surface area contributed by atoms with E-state index in [0.29, 0.717) is 5.56 Å². The third-order valence-corrected chi connectivity index (χ3v) is 4.78. The fourth-order valence-electron chi connectivity index (χ4n) is 3.25. The van der Waals surface area contributed by atoms with Crippen LogP contribution in [0.4, 0.5) is 0 Å². The van der Waals surface area contributed by atoms with E-state index in [1.165, 1.54) is 11.3 Å². The summed E-state index contributed by atoms with van der Waals surface area (Å²) in [5.74, 6) is -0.901. The molecule has 0 amide bonds. The Labute approximate surface area is 117 Å². The maximum absolute atomic E-state index is 11.1. The molecule has 0 radical (unpaired) electrons. The number of aliphatic hydroxyl groups is 1. The first kappa shape index (κ1) is 13.2. The molecule has 1 heterocycles. The third kappa shape index (κ3) is 1.91. The van der Waals surface area contributed by atoms with E-state index in [2.05, 4.69) is 11.9 Å². The maximum atomic E-state index is 11.1. The van der Waals surface area contributed by atoms with Crippen molar-refractivity contribution in [1.29, 1.82) is 0 Å². The molecule has 106 valence electrons. The Hall–Kier alpha value is -1.81. The van der Waals surface area contributed by atoms with Crippen LogP contribution in [0.15, 0.2) is 18.2 Å². The predicted molar refractivity (Wildman–Crippen MR) is 77.1 cm³/mol. The SMILES string of the molecule is CCC1(CO)CCc2[nH]c3ccc(C(=O)O)cc3c2C1. The van der Waals surface area contributed by atoms with Crippen LogP contribution in [0.5, 0.6) is 0 Å². The predicted octanol–water partition coefficient (Wildman–Crippen LogP) is 2.74. The first-order valence-electron chi connectivity index (χ1n) is 7.06. The minimum absolute atomic E-state index is 0.0542. The van der Waals surface area contributed by atoms with Crippen LogP contribution in [0.3, 0.4) is 0 Å². The summed E-state index contributed by atoms with van der Waals surface area (Å²) in [5.41, 5.74) is 3.63. The van der Waals surface area contributed by atoms with Crippen LogP contribution in [-0.4, -0.2) is 27.8 Å². The second-order valence-electron chi connectivity index (χ2n) is 5.84. The molecule has 4 nitrogen and oxygen atoms in total. The van der Waals surface area contributed by atoms with Crippen molar-refractivity contribution in [3.63, 3.8) is 0 Å². The molecule has 0 aliphatic heterocycles. The standard InChI is InChI=1S/C16H19NO3/c1-2-16(9-18)6-5-14-12(8-16)11-7-10(15(19)20)3-4-13(11)17-14/h3-4,7,17-18H,2,5-6,8-9H2,1H3,(H,19,20). The van der Waals surface area contributed by atoms with Crippen LogP contribution in [0.2, 0.25) is 0 Å². The first-order valence-corrected chi connectivity index (χ1v) is 7.06. The van der Waals surface area contributed by atoms with E-state index in [0.717, 1.165) is 36.6 Å². The zero-order chi connectivity index (χ0) is 14.3. The van der Waals surface area contributed by atoms with Gasteiger partial charge in [0, 0.05) is 23.2 Å². The van der Waals surface area contributed by atoms with Crippen molar-refractivity contribution in [3.8, 4) is 0 Å². The maximum Gasteiger partial charge on any atom is 0.335 e. The highest BCUT2D eigenvalue weighted by atomic mass is 16.4. The van der Waals surface area contributed by atoms with Crippen LogP contribution >= 0.6 is 0 Å². The average molecular weight is 273 g/mol.